The number of rotatable bonds is 6. The van der Waals surface area contributed by atoms with Crippen LogP contribution in [0.2, 0.25) is 0 Å². The molecule has 4 unspecified atom stereocenters. The topological polar surface area (TPSA) is 78.9 Å². The van der Waals surface area contributed by atoms with Crippen LogP contribution in [0.1, 0.15) is 52.9 Å². The van der Waals surface area contributed by atoms with Gasteiger partial charge in [0.1, 0.15) is 18.3 Å². The molecule has 0 amide bonds. The molecule has 0 N–H and O–H groups in total. The van der Waals surface area contributed by atoms with Gasteiger partial charge in [-0.05, 0) is 26.2 Å². The van der Waals surface area contributed by atoms with Crippen LogP contribution in [0.5, 0.6) is 0 Å². The highest BCUT2D eigenvalue weighted by atomic mass is 16.6. The summed E-state index contributed by atoms with van der Waals surface area (Å²) in [7, 11) is 0. The molecule has 4 atom stereocenters. The molecule has 6 heteroatoms. The summed E-state index contributed by atoms with van der Waals surface area (Å²) in [6, 6.07) is 0. The third-order valence-electron chi connectivity index (χ3n) is 4.67. The zero-order valence-electron chi connectivity index (χ0n) is 13.4. The van der Waals surface area contributed by atoms with Crippen molar-refractivity contribution in [1.29, 1.82) is 0 Å². The molecule has 0 aromatic heterocycles. The number of carbonyl (C=O) groups is 3. The van der Waals surface area contributed by atoms with E-state index < -0.39 is 11.6 Å². The molecule has 0 radical (unpaired) electrons. The smallest absolute Gasteiger partial charge is 0.309 e. The molecule has 1 aliphatic carbocycles. The standard InChI is InChI=1S/C16H24O6/c1-4-10(2)14(18)20-8-6-13(17)22-16(3)7-5-11-9-12(16)21-15(11)19/h10-12H,4-9H2,1-3H3. The molecule has 0 spiro atoms. The van der Waals surface area contributed by atoms with Crippen LogP contribution in [0.25, 0.3) is 0 Å². The van der Waals surface area contributed by atoms with Crippen molar-refractivity contribution in [2.75, 3.05) is 6.61 Å². The summed E-state index contributed by atoms with van der Waals surface area (Å²) in [5.74, 6) is -1.13. The number of carbonyl (C=O) groups excluding carboxylic acids is 3. The lowest BCUT2D eigenvalue weighted by Gasteiger charge is -2.36. The fourth-order valence-electron chi connectivity index (χ4n) is 2.84. The average molecular weight is 312 g/mol. The molecule has 2 fully saturated rings. The Hall–Kier alpha value is -1.59. The highest BCUT2D eigenvalue weighted by Gasteiger charge is 2.52. The molecule has 1 heterocycles. The molecular formula is C16H24O6. The van der Waals surface area contributed by atoms with Gasteiger partial charge in [0.15, 0.2) is 0 Å². The molecule has 124 valence electrons. The van der Waals surface area contributed by atoms with Crippen molar-refractivity contribution < 1.29 is 28.6 Å². The fraction of sp³-hybridized carbons (Fsp3) is 0.812. The average Bonchev–Trinajstić information content (AvgIpc) is 2.81. The molecule has 1 aliphatic heterocycles. The first-order valence-electron chi connectivity index (χ1n) is 7.94. The predicted molar refractivity (Wildman–Crippen MR) is 76.7 cm³/mol. The van der Waals surface area contributed by atoms with E-state index >= 15 is 0 Å². The van der Waals surface area contributed by atoms with Gasteiger partial charge < -0.3 is 14.2 Å². The number of esters is 3. The van der Waals surface area contributed by atoms with Crippen molar-refractivity contribution in [3.63, 3.8) is 0 Å². The zero-order chi connectivity index (χ0) is 16.3. The van der Waals surface area contributed by atoms with Gasteiger partial charge in [0.2, 0.25) is 0 Å². The van der Waals surface area contributed by atoms with Crippen molar-refractivity contribution in [2.24, 2.45) is 11.8 Å². The third kappa shape index (κ3) is 3.59. The normalized spacial score (nSPS) is 31.3. The Morgan fingerprint density at radius 2 is 2.18 bits per heavy atom. The van der Waals surface area contributed by atoms with Gasteiger partial charge in [-0.1, -0.05) is 13.8 Å². The van der Waals surface area contributed by atoms with Crippen LogP contribution in [0.3, 0.4) is 0 Å². The van der Waals surface area contributed by atoms with Crippen LogP contribution in [0.15, 0.2) is 0 Å². The Labute approximate surface area is 130 Å². The minimum Gasteiger partial charge on any atom is -0.465 e. The van der Waals surface area contributed by atoms with E-state index in [1.165, 1.54) is 0 Å². The predicted octanol–water partition coefficient (Wildman–Crippen LogP) is 1.99. The summed E-state index contributed by atoms with van der Waals surface area (Å²) in [5, 5.41) is 0. The van der Waals surface area contributed by atoms with E-state index in [-0.39, 0.29) is 42.9 Å². The minimum absolute atomic E-state index is 0.0157. The first-order chi connectivity index (χ1) is 10.4. The fourth-order valence-corrected chi connectivity index (χ4v) is 2.84. The second kappa shape index (κ2) is 6.67. The van der Waals surface area contributed by atoms with Gasteiger partial charge in [0, 0.05) is 6.42 Å². The van der Waals surface area contributed by atoms with Crippen molar-refractivity contribution in [3.05, 3.63) is 0 Å². The number of hydrogen-bond donors (Lipinski definition) is 0. The Morgan fingerprint density at radius 3 is 2.86 bits per heavy atom. The molecule has 1 saturated heterocycles. The maximum Gasteiger partial charge on any atom is 0.309 e. The Balaban J connectivity index is 1.77. The summed E-state index contributed by atoms with van der Waals surface area (Å²) in [5.41, 5.74) is -0.763. The molecule has 6 nitrogen and oxygen atoms in total. The number of fused-ring (bicyclic) bond motifs is 2. The highest BCUT2D eigenvalue weighted by molar-refractivity contribution is 5.76. The molecule has 0 aromatic rings. The van der Waals surface area contributed by atoms with Crippen LogP contribution in [0.4, 0.5) is 0 Å². The van der Waals surface area contributed by atoms with Gasteiger partial charge in [-0.25, -0.2) is 0 Å². The lowest BCUT2D eigenvalue weighted by molar-refractivity contribution is -0.178. The quantitative estimate of drug-likeness (QED) is 0.551. The summed E-state index contributed by atoms with van der Waals surface area (Å²) in [6.45, 7) is 5.51. The monoisotopic (exact) mass is 312 g/mol. The van der Waals surface area contributed by atoms with Crippen molar-refractivity contribution in [2.45, 2.75) is 64.6 Å². The molecule has 2 bridgehead atoms. The van der Waals surface area contributed by atoms with Gasteiger partial charge >= 0.3 is 17.9 Å². The second-order valence-corrected chi connectivity index (χ2v) is 6.41. The van der Waals surface area contributed by atoms with Crippen LogP contribution in [0, 0.1) is 11.8 Å². The zero-order valence-corrected chi connectivity index (χ0v) is 13.4. The molecule has 22 heavy (non-hydrogen) atoms. The van der Waals surface area contributed by atoms with Crippen molar-refractivity contribution in [3.8, 4) is 0 Å². The van der Waals surface area contributed by atoms with E-state index in [4.69, 9.17) is 14.2 Å². The van der Waals surface area contributed by atoms with E-state index in [9.17, 15) is 14.4 Å². The highest BCUT2D eigenvalue weighted by Crippen LogP contribution is 2.42. The van der Waals surface area contributed by atoms with E-state index in [0.717, 1.165) is 0 Å². The summed E-state index contributed by atoms with van der Waals surface area (Å²) in [6.07, 6.45) is 2.28. The Morgan fingerprint density at radius 1 is 1.45 bits per heavy atom. The SMILES string of the molecule is CCC(C)C(=O)OCCC(=O)OC1(C)CCC2CC1OC2=O. The Bertz CT molecular complexity index is 460. The van der Waals surface area contributed by atoms with Crippen molar-refractivity contribution in [1.82, 2.24) is 0 Å². The van der Waals surface area contributed by atoms with E-state index in [1.807, 2.05) is 6.92 Å². The molecule has 1 saturated carbocycles. The first-order valence-corrected chi connectivity index (χ1v) is 7.94. The van der Waals surface area contributed by atoms with E-state index in [0.29, 0.717) is 25.7 Å². The van der Waals surface area contributed by atoms with Crippen LogP contribution in [-0.2, 0) is 28.6 Å². The van der Waals surface area contributed by atoms with Gasteiger partial charge in [-0.15, -0.1) is 0 Å². The maximum atomic E-state index is 11.9. The largest absolute Gasteiger partial charge is 0.465 e. The summed E-state index contributed by atoms with van der Waals surface area (Å²) < 4.78 is 15.8. The van der Waals surface area contributed by atoms with Crippen LogP contribution >= 0.6 is 0 Å². The second-order valence-electron chi connectivity index (χ2n) is 6.41. The van der Waals surface area contributed by atoms with E-state index in [1.54, 1.807) is 13.8 Å². The van der Waals surface area contributed by atoms with E-state index in [2.05, 4.69) is 0 Å². The molecule has 2 rings (SSSR count). The number of ether oxygens (including phenoxy) is 3. The number of hydrogen-bond acceptors (Lipinski definition) is 6. The van der Waals surface area contributed by atoms with Crippen LogP contribution < -0.4 is 0 Å². The lowest BCUT2D eigenvalue weighted by Crippen LogP contribution is -2.45. The first kappa shape index (κ1) is 16.8. The van der Waals surface area contributed by atoms with Crippen LogP contribution in [-0.4, -0.2) is 36.2 Å². The molecule has 0 aromatic carbocycles. The maximum absolute atomic E-state index is 11.9. The summed E-state index contributed by atoms with van der Waals surface area (Å²) in [4.78, 5) is 35.0. The van der Waals surface area contributed by atoms with Gasteiger partial charge in [-0.3, -0.25) is 14.4 Å². The lowest BCUT2D eigenvalue weighted by atomic mass is 9.80. The van der Waals surface area contributed by atoms with Gasteiger partial charge in [0.25, 0.3) is 0 Å². The minimum atomic E-state index is -0.763. The van der Waals surface area contributed by atoms with Crippen molar-refractivity contribution >= 4 is 17.9 Å². The molecule has 2 aliphatic rings. The van der Waals surface area contributed by atoms with Gasteiger partial charge in [0.05, 0.1) is 18.3 Å². The molecular weight excluding hydrogens is 288 g/mol. The third-order valence-corrected chi connectivity index (χ3v) is 4.67. The Kier molecular flexibility index (Phi) is 5.08. The van der Waals surface area contributed by atoms with Gasteiger partial charge in [-0.2, -0.15) is 0 Å². The summed E-state index contributed by atoms with van der Waals surface area (Å²) >= 11 is 0.